The maximum atomic E-state index is 9.59. The summed E-state index contributed by atoms with van der Waals surface area (Å²) in [6.07, 6.45) is -0.611. The van der Waals surface area contributed by atoms with Crippen molar-refractivity contribution >= 4 is 0 Å². The molecule has 0 bridgehead atoms. The van der Waals surface area contributed by atoms with Crippen LogP contribution in [0.15, 0.2) is 24.3 Å². The van der Waals surface area contributed by atoms with E-state index >= 15 is 0 Å². The molecule has 0 amide bonds. The first-order valence-electron chi connectivity index (χ1n) is 5.55. The molecule has 1 atom stereocenters. The molecule has 0 spiro atoms. The number of nitriles is 1. The summed E-state index contributed by atoms with van der Waals surface area (Å²) >= 11 is 0. The van der Waals surface area contributed by atoms with Crippen LogP contribution in [0.25, 0.3) is 0 Å². The molecule has 1 unspecified atom stereocenters. The monoisotopic (exact) mass is 235 g/mol. The van der Waals surface area contributed by atoms with Crippen molar-refractivity contribution in [2.24, 2.45) is 0 Å². The SMILES string of the molecule is CC(C)OCC(O)COc1ccccc1C#N. The summed E-state index contributed by atoms with van der Waals surface area (Å²) in [5, 5.41) is 18.4. The van der Waals surface area contributed by atoms with Crippen LogP contribution in [0.5, 0.6) is 5.75 Å². The van der Waals surface area contributed by atoms with Crippen molar-refractivity contribution in [3.05, 3.63) is 29.8 Å². The first kappa shape index (κ1) is 13.5. The number of benzene rings is 1. The molecule has 1 aromatic rings. The van der Waals surface area contributed by atoms with Crippen LogP contribution < -0.4 is 4.74 Å². The van der Waals surface area contributed by atoms with E-state index in [0.29, 0.717) is 11.3 Å². The van der Waals surface area contributed by atoms with Crippen molar-refractivity contribution in [3.8, 4) is 11.8 Å². The predicted molar refractivity (Wildman–Crippen MR) is 63.7 cm³/mol. The molecular formula is C13H17NO3. The predicted octanol–water partition coefficient (Wildman–Crippen LogP) is 1.72. The van der Waals surface area contributed by atoms with Gasteiger partial charge in [0, 0.05) is 0 Å². The molecule has 17 heavy (non-hydrogen) atoms. The third-order valence-corrected chi connectivity index (χ3v) is 2.06. The number of aliphatic hydroxyl groups excluding tert-OH is 1. The van der Waals surface area contributed by atoms with Gasteiger partial charge in [-0.1, -0.05) is 12.1 Å². The average molecular weight is 235 g/mol. The lowest BCUT2D eigenvalue weighted by Crippen LogP contribution is -2.25. The largest absolute Gasteiger partial charge is 0.489 e. The van der Waals surface area contributed by atoms with E-state index in [1.54, 1.807) is 24.3 Å². The van der Waals surface area contributed by atoms with E-state index in [1.165, 1.54) is 0 Å². The first-order valence-corrected chi connectivity index (χ1v) is 5.55. The molecule has 1 rings (SSSR count). The number of para-hydroxylation sites is 1. The Balaban J connectivity index is 2.42. The summed E-state index contributed by atoms with van der Waals surface area (Å²) in [5.74, 6) is 0.485. The van der Waals surface area contributed by atoms with Crippen LogP contribution in [0.4, 0.5) is 0 Å². The van der Waals surface area contributed by atoms with E-state index in [9.17, 15) is 5.11 Å². The Bertz CT molecular complexity index is 384. The van der Waals surface area contributed by atoms with Gasteiger partial charge in [0.2, 0.25) is 0 Å². The second kappa shape index (κ2) is 6.89. The third kappa shape index (κ3) is 4.85. The molecule has 0 fully saturated rings. The van der Waals surface area contributed by atoms with E-state index in [-0.39, 0.29) is 19.3 Å². The van der Waals surface area contributed by atoms with Gasteiger partial charge in [-0.2, -0.15) is 5.26 Å². The molecule has 0 aliphatic heterocycles. The van der Waals surface area contributed by atoms with Gasteiger partial charge in [0.1, 0.15) is 24.5 Å². The van der Waals surface area contributed by atoms with Gasteiger partial charge in [0.15, 0.2) is 0 Å². The Morgan fingerprint density at radius 2 is 2.00 bits per heavy atom. The second-order valence-electron chi connectivity index (χ2n) is 3.95. The molecule has 92 valence electrons. The number of nitrogens with zero attached hydrogens (tertiary/aromatic N) is 1. The van der Waals surface area contributed by atoms with Crippen LogP contribution in [0.2, 0.25) is 0 Å². The van der Waals surface area contributed by atoms with Gasteiger partial charge in [-0.15, -0.1) is 0 Å². The summed E-state index contributed by atoms with van der Waals surface area (Å²) in [6, 6.07) is 8.96. The number of rotatable bonds is 6. The lowest BCUT2D eigenvalue weighted by atomic mass is 10.2. The highest BCUT2D eigenvalue weighted by molar-refractivity contribution is 5.42. The fourth-order valence-corrected chi connectivity index (χ4v) is 1.22. The highest BCUT2D eigenvalue weighted by Gasteiger charge is 2.08. The molecule has 0 saturated carbocycles. The van der Waals surface area contributed by atoms with Crippen LogP contribution in [0, 0.1) is 11.3 Å². The zero-order chi connectivity index (χ0) is 12.7. The Kier molecular flexibility index (Phi) is 5.47. The summed E-state index contributed by atoms with van der Waals surface area (Å²) in [4.78, 5) is 0. The van der Waals surface area contributed by atoms with Gasteiger partial charge in [-0.3, -0.25) is 0 Å². The Hall–Kier alpha value is -1.57. The minimum atomic E-state index is -0.691. The molecule has 0 radical (unpaired) electrons. The van der Waals surface area contributed by atoms with Crippen LogP contribution in [0.3, 0.4) is 0 Å². The van der Waals surface area contributed by atoms with E-state index in [1.807, 2.05) is 19.9 Å². The summed E-state index contributed by atoms with van der Waals surface area (Å²) in [6.45, 7) is 4.15. The maximum Gasteiger partial charge on any atom is 0.137 e. The molecule has 0 aromatic heterocycles. The van der Waals surface area contributed by atoms with Crippen molar-refractivity contribution in [3.63, 3.8) is 0 Å². The number of hydrogen-bond donors (Lipinski definition) is 1. The standard InChI is InChI=1S/C13H17NO3/c1-10(2)16-8-12(15)9-17-13-6-4-3-5-11(13)7-14/h3-6,10,12,15H,8-9H2,1-2H3. The van der Waals surface area contributed by atoms with E-state index < -0.39 is 6.10 Å². The number of hydrogen-bond acceptors (Lipinski definition) is 4. The molecule has 0 heterocycles. The summed E-state index contributed by atoms with van der Waals surface area (Å²) in [7, 11) is 0. The Morgan fingerprint density at radius 1 is 1.29 bits per heavy atom. The zero-order valence-corrected chi connectivity index (χ0v) is 10.1. The smallest absolute Gasteiger partial charge is 0.137 e. The van der Waals surface area contributed by atoms with Crippen molar-refractivity contribution in [2.45, 2.75) is 26.1 Å². The van der Waals surface area contributed by atoms with Crippen LogP contribution in [-0.4, -0.2) is 30.5 Å². The Labute approximate surface area is 101 Å². The summed E-state index contributed by atoms with van der Waals surface area (Å²) < 4.78 is 10.6. The van der Waals surface area contributed by atoms with Gasteiger partial charge in [-0.25, -0.2) is 0 Å². The van der Waals surface area contributed by atoms with Crippen molar-refractivity contribution in [1.82, 2.24) is 0 Å². The lowest BCUT2D eigenvalue weighted by Gasteiger charge is -2.14. The van der Waals surface area contributed by atoms with Crippen LogP contribution >= 0.6 is 0 Å². The average Bonchev–Trinajstić information content (AvgIpc) is 2.34. The van der Waals surface area contributed by atoms with E-state index in [0.717, 1.165) is 0 Å². The minimum Gasteiger partial charge on any atom is -0.489 e. The number of aliphatic hydroxyl groups is 1. The quantitative estimate of drug-likeness (QED) is 0.815. The van der Waals surface area contributed by atoms with Crippen molar-refractivity contribution in [1.29, 1.82) is 5.26 Å². The third-order valence-electron chi connectivity index (χ3n) is 2.06. The van der Waals surface area contributed by atoms with Gasteiger partial charge in [-0.05, 0) is 26.0 Å². The highest BCUT2D eigenvalue weighted by atomic mass is 16.5. The van der Waals surface area contributed by atoms with Crippen LogP contribution in [0.1, 0.15) is 19.4 Å². The van der Waals surface area contributed by atoms with E-state index in [2.05, 4.69) is 0 Å². The van der Waals surface area contributed by atoms with Crippen molar-refractivity contribution < 1.29 is 14.6 Å². The molecule has 1 aromatic carbocycles. The van der Waals surface area contributed by atoms with Crippen molar-refractivity contribution in [2.75, 3.05) is 13.2 Å². The van der Waals surface area contributed by atoms with Gasteiger partial charge in [0.05, 0.1) is 18.3 Å². The molecule has 0 saturated heterocycles. The van der Waals surface area contributed by atoms with Crippen LogP contribution in [-0.2, 0) is 4.74 Å². The second-order valence-corrected chi connectivity index (χ2v) is 3.95. The Morgan fingerprint density at radius 3 is 2.65 bits per heavy atom. The maximum absolute atomic E-state index is 9.59. The van der Waals surface area contributed by atoms with Gasteiger partial charge in [0.25, 0.3) is 0 Å². The number of ether oxygens (including phenoxy) is 2. The fraction of sp³-hybridized carbons (Fsp3) is 0.462. The molecule has 0 aliphatic carbocycles. The first-order chi connectivity index (χ1) is 8.13. The lowest BCUT2D eigenvalue weighted by molar-refractivity contribution is -0.0123. The topological polar surface area (TPSA) is 62.5 Å². The van der Waals surface area contributed by atoms with Gasteiger partial charge < -0.3 is 14.6 Å². The van der Waals surface area contributed by atoms with E-state index in [4.69, 9.17) is 14.7 Å². The molecule has 0 aliphatic rings. The zero-order valence-electron chi connectivity index (χ0n) is 10.1. The fourth-order valence-electron chi connectivity index (χ4n) is 1.22. The molecule has 4 heteroatoms. The molecule has 4 nitrogen and oxygen atoms in total. The molecule has 1 N–H and O–H groups in total. The summed E-state index contributed by atoms with van der Waals surface area (Å²) in [5.41, 5.74) is 0.462. The normalized spacial score (nSPS) is 12.2. The van der Waals surface area contributed by atoms with Gasteiger partial charge >= 0.3 is 0 Å². The molecular weight excluding hydrogens is 218 g/mol. The minimum absolute atomic E-state index is 0.0797. The highest BCUT2D eigenvalue weighted by Crippen LogP contribution is 2.16.